The summed E-state index contributed by atoms with van der Waals surface area (Å²) in [5.41, 5.74) is 3.09. The van der Waals surface area contributed by atoms with E-state index in [1.54, 1.807) is 6.07 Å². The van der Waals surface area contributed by atoms with E-state index in [4.69, 9.17) is 0 Å². The van der Waals surface area contributed by atoms with Crippen molar-refractivity contribution in [3.63, 3.8) is 0 Å². The lowest BCUT2D eigenvalue weighted by Gasteiger charge is -2.07. The number of hydrogen-bond acceptors (Lipinski definition) is 4. The lowest BCUT2D eigenvalue weighted by molar-refractivity contribution is 0.637. The second-order valence-electron chi connectivity index (χ2n) is 4.51. The van der Waals surface area contributed by atoms with E-state index in [0.717, 1.165) is 34.1 Å². The van der Waals surface area contributed by atoms with Crippen LogP contribution in [0.4, 0.5) is 9.39 Å². The molecule has 3 aromatic rings. The van der Waals surface area contributed by atoms with Crippen molar-refractivity contribution < 1.29 is 4.39 Å². The fourth-order valence-electron chi connectivity index (χ4n) is 2.43. The molecule has 1 aromatic carbocycles. The zero-order valence-electron chi connectivity index (χ0n) is 11.6. The molecule has 0 spiro atoms. The molecule has 0 amide bonds. The third-order valence-electron chi connectivity index (χ3n) is 3.36. The first-order valence-corrected chi connectivity index (χ1v) is 7.23. The average Bonchev–Trinajstić information content (AvgIpc) is 2.99. The van der Waals surface area contributed by atoms with Gasteiger partial charge in [-0.25, -0.2) is 9.37 Å². The van der Waals surface area contributed by atoms with Gasteiger partial charge in [-0.2, -0.15) is 4.37 Å². The van der Waals surface area contributed by atoms with Gasteiger partial charge < -0.3 is 9.88 Å². The first-order valence-electron chi connectivity index (χ1n) is 6.46. The van der Waals surface area contributed by atoms with Gasteiger partial charge in [0.15, 0.2) is 5.82 Å². The molecule has 1 N–H and O–H groups in total. The molecular formula is C14H15FN4S. The largest absolute Gasteiger partial charge is 0.378 e. The fourth-order valence-corrected chi connectivity index (χ4v) is 3.17. The van der Waals surface area contributed by atoms with E-state index in [1.165, 1.54) is 17.6 Å². The van der Waals surface area contributed by atoms with Gasteiger partial charge in [0, 0.05) is 13.6 Å². The summed E-state index contributed by atoms with van der Waals surface area (Å²) in [5.74, 6) is 0.478. The van der Waals surface area contributed by atoms with Crippen molar-refractivity contribution in [3.8, 4) is 11.4 Å². The normalized spacial score (nSPS) is 11.2. The highest BCUT2D eigenvalue weighted by atomic mass is 32.1. The molecule has 0 aliphatic rings. The number of hydrogen-bond donors (Lipinski definition) is 1. The average molecular weight is 290 g/mol. The highest BCUT2D eigenvalue weighted by Crippen LogP contribution is 2.36. The standard InChI is InChI=1S/C14H15FN4S/c1-4-19-10-7-5-6-9(15)12(10)17-13(19)11-8(2)18-20-14(11)16-3/h5-7,16H,4H2,1-3H3. The number of para-hydroxylation sites is 1. The van der Waals surface area contributed by atoms with Crippen molar-refractivity contribution in [2.75, 3.05) is 12.4 Å². The number of benzene rings is 1. The molecule has 2 aromatic heterocycles. The Kier molecular flexibility index (Phi) is 3.17. The van der Waals surface area contributed by atoms with Crippen molar-refractivity contribution in [1.29, 1.82) is 0 Å². The Morgan fingerprint density at radius 3 is 2.90 bits per heavy atom. The van der Waals surface area contributed by atoms with Crippen molar-refractivity contribution >= 4 is 27.6 Å². The molecule has 0 saturated carbocycles. The van der Waals surface area contributed by atoms with Crippen LogP contribution < -0.4 is 5.32 Å². The van der Waals surface area contributed by atoms with E-state index in [1.807, 2.05) is 31.5 Å². The summed E-state index contributed by atoms with van der Waals surface area (Å²) >= 11 is 1.40. The highest BCUT2D eigenvalue weighted by molar-refractivity contribution is 7.10. The Bertz CT molecular complexity index is 775. The molecule has 0 saturated heterocycles. The Hall–Kier alpha value is -1.95. The lowest BCUT2D eigenvalue weighted by Crippen LogP contribution is -1.99. The first-order chi connectivity index (χ1) is 9.67. The predicted molar refractivity (Wildman–Crippen MR) is 80.8 cm³/mol. The van der Waals surface area contributed by atoms with Crippen LogP contribution in [0.1, 0.15) is 12.6 Å². The summed E-state index contributed by atoms with van der Waals surface area (Å²) in [6.45, 7) is 4.71. The van der Waals surface area contributed by atoms with Crippen molar-refractivity contribution in [2.24, 2.45) is 0 Å². The number of imidazole rings is 1. The molecule has 0 atom stereocenters. The van der Waals surface area contributed by atoms with Gasteiger partial charge in [0.1, 0.15) is 16.3 Å². The van der Waals surface area contributed by atoms with Crippen LogP contribution in [0, 0.1) is 12.7 Å². The molecule has 0 aliphatic carbocycles. The zero-order valence-corrected chi connectivity index (χ0v) is 12.4. The van der Waals surface area contributed by atoms with Gasteiger partial charge in [-0.3, -0.25) is 0 Å². The van der Waals surface area contributed by atoms with Gasteiger partial charge in [-0.05, 0) is 37.5 Å². The summed E-state index contributed by atoms with van der Waals surface area (Å²) in [5, 5.41) is 4.09. The van der Waals surface area contributed by atoms with Crippen LogP contribution >= 0.6 is 11.5 Å². The number of fused-ring (bicyclic) bond motifs is 1. The molecule has 0 aliphatic heterocycles. The van der Waals surface area contributed by atoms with Crippen molar-refractivity contribution in [1.82, 2.24) is 13.9 Å². The molecule has 0 unspecified atom stereocenters. The molecule has 6 heteroatoms. The van der Waals surface area contributed by atoms with Crippen LogP contribution in [0.15, 0.2) is 18.2 Å². The summed E-state index contributed by atoms with van der Waals surface area (Å²) < 4.78 is 20.3. The number of anilines is 1. The summed E-state index contributed by atoms with van der Waals surface area (Å²) in [7, 11) is 1.86. The zero-order chi connectivity index (χ0) is 14.3. The molecule has 0 radical (unpaired) electrons. The maximum atomic E-state index is 13.9. The van der Waals surface area contributed by atoms with Crippen LogP contribution in [0.3, 0.4) is 0 Å². The highest BCUT2D eigenvalue weighted by Gasteiger charge is 2.20. The van der Waals surface area contributed by atoms with E-state index >= 15 is 0 Å². The second-order valence-corrected chi connectivity index (χ2v) is 5.28. The monoisotopic (exact) mass is 290 g/mol. The van der Waals surface area contributed by atoms with Gasteiger partial charge in [0.05, 0.1) is 16.8 Å². The molecular weight excluding hydrogens is 275 g/mol. The third-order valence-corrected chi connectivity index (χ3v) is 4.32. The Morgan fingerprint density at radius 1 is 1.40 bits per heavy atom. The van der Waals surface area contributed by atoms with Gasteiger partial charge in [0.2, 0.25) is 0 Å². The quantitative estimate of drug-likeness (QED) is 0.800. The number of rotatable bonds is 3. The van der Waals surface area contributed by atoms with Crippen LogP contribution in [-0.4, -0.2) is 21.0 Å². The summed E-state index contributed by atoms with van der Waals surface area (Å²) in [6, 6.07) is 5.05. The topological polar surface area (TPSA) is 42.7 Å². The van der Waals surface area contributed by atoms with E-state index in [0.29, 0.717) is 5.52 Å². The number of nitrogens with zero attached hydrogens (tertiary/aromatic N) is 3. The molecule has 104 valence electrons. The van der Waals surface area contributed by atoms with Crippen molar-refractivity contribution in [3.05, 3.63) is 29.7 Å². The van der Waals surface area contributed by atoms with Crippen LogP contribution in [0.5, 0.6) is 0 Å². The number of nitrogens with one attached hydrogen (secondary N) is 1. The lowest BCUT2D eigenvalue weighted by atomic mass is 10.2. The SMILES string of the molecule is CCn1c(-c2c(C)nsc2NC)nc2c(F)cccc21. The predicted octanol–water partition coefficient (Wildman–Crippen LogP) is 3.67. The maximum Gasteiger partial charge on any atom is 0.151 e. The maximum absolute atomic E-state index is 13.9. The summed E-state index contributed by atoms with van der Waals surface area (Å²) in [6.07, 6.45) is 0. The number of halogens is 1. The van der Waals surface area contributed by atoms with E-state index in [2.05, 4.69) is 14.7 Å². The molecule has 3 rings (SSSR count). The molecule has 0 bridgehead atoms. The van der Waals surface area contributed by atoms with Gasteiger partial charge in [-0.15, -0.1) is 0 Å². The van der Waals surface area contributed by atoms with Crippen LogP contribution in [0.2, 0.25) is 0 Å². The number of aromatic nitrogens is 3. The molecule has 20 heavy (non-hydrogen) atoms. The van der Waals surface area contributed by atoms with E-state index < -0.39 is 0 Å². The minimum Gasteiger partial charge on any atom is -0.378 e. The Morgan fingerprint density at radius 2 is 2.20 bits per heavy atom. The summed E-state index contributed by atoms with van der Waals surface area (Å²) in [4.78, 5) is 4.51. The fraction of sp³-hybridized carbons (Fsp3) is 0.286. The van der Waals surface area contributed by atoms with Crippen LogP contribution in [-0.2, 0) is 6.54 Å². The minimum atomic E-state index is -0.289. The van der Waals surface area contributed by atoms with Gasteiger partial charge >= 0.3 is 0 Å². The van der Waals surface area contributed by atoms with Crippen LogP contribution in [0.25, 0.3) is 22.4 Å². The smallest absolute Gasteiger partial charge is 0.151 e. The minimum absolute atomic E-state index is 0.289. The third kappa shape index (κ3) is 1.79. The van der Waals surface area contributed by atoms with E-state index in [-0.39, 0.29) is 5.82 Å². The molecule has 4 nitrogen and oxygen atoms in total. The molecule has 0 fully saturated rings. The Balaban J connectivity index is 2.36. The van der Waals surface area contributed by atoms with E-state index in [9.17, 15) is 4.39 Å². The first kappa shape index (κ1) is 13.1. The number of aryl methyl sites for hydroxylation is 2. The van der Waals surface area contributed by atoms with Gasteiger partial charge in [-0.1, -0.05) is 6.07 Å². The molecule has 2 heterocycles. The Labute approximate surface area is 120 Å². The second kappa shape index (κ2) is 4.86. The van der Waals surface area contributed by atoms with Gasteiger partial charge in [0.25, 0.3) is 0 Å². The van der Waals surface area contributed by atoms with Crippen molar-refractivity contribution in [2.45, 2.75) is 20.4 Å².